The van der Waals surface area contributed by atoms with E-state index in [0.717, 1.165) is 5.69 Å². The maximum absolute atomic E-state index is 5.88. The van der Waals surface area contributed by atoms with Crippen molar-refractivity contribution in [2.45, 2.75) is 52.5 Å². The molecule has 2 N–H and O–H groups in total. The minimum atomic E-state index is 0.536. The van der Waals surface area contributed by atoms with Crippen molar-refractivity contribution in [2.75, 3.05) is 17.7 Å². The Morgan fingerprint density at radius 2 is 1.83 bits per heavy atom. The van der Waals surface area contributed by atoms with E-state index in [-0.39, 0.29) is 0 Å². The number of aryl methyl sites for hydroxylation is 1. The van der Waals surface area contributed by atoms with Crippen LogP contribution in [0, 0.1) is 12.3 Å². The summed E-state index contributed by atoms with van der Waals surface area (Å²) >= 11 is 0. The van der Waals surface area contributed by atoms with Crippen LogP contribution in [0.4, 0.5) is 11.4 Å². The first-order chi connectivity index (χ1) is 8.39. The minimum absolute atomic E-state index is 0.536. The van der Waals surface area contributed by atoms with E-state index in [1.165, 1.54) is 36.9 Å². The van der Waals surface area contributed by atoms with Crippen LogP contribution in [0.5, 0.6) is 0 Å². The Kier molecular flexibility index (Phi) is 3.56. The second-order valence-electron chi connectivity index (χ2n) is 6.55. The van der Waals surface area contributed by atoms with Gasteiger partial charge >= 0.3 is 0 Å². The van der Waals surface area contributed by atoms with E-state index < -0.39 is 0 Å². The molecule has 2 heteroatoms. The van der Waals surface area contributed by atoms with Gasteiger partial charge in [-0.15, -0.1) is 0 Å². The van der Waals surface area contributed by atoms with E-state index in [1.807, 2.05) is 6.07 Å². The quantitative estimate of drug-likeness (QED) is 0.800. The van der Waals surface area contributed by atoms with Crippen LogP contribution in [0.2, 0.25) is 0 Å². The van der Waals surface area contributed by atoms with Gasteiger partial charge in [0.2, 0.25) is 0 Å². The third kappa shape index (κ3) is 2.80. The number of rotatable bonds is 2. The Morgan fingerprint density at radius 3 is 2.39 bits per heavy atom. The van der Waals surface area contributed by atoms with Crippen molar-refractivity contribution in [3.05, 3.63) is 23.8 Å². The molecular weight excluding hydrogens is 220 g/mol. The van der Waals surface area contributed by atoms with Crippen LogP contribution in [-0.4, -0.2) is 13.1 Å². The number of hydrogen-bond donors (Lipinski definition) is 1. The largest absolute Gasteiger partial charge is 0.399 e. The van der Waals surface area contributed by atoms with Gasteiger partial charge in [-0.05, 0) is 61.8 Å². The van der Waals surface area contributed by atoms with Crippen LogP contribution in [0.3, 0.4) is 0 Å². The molecule has 0 saturated heterocycles. The van der Waals surface area contributed by atoms with Crippen molar-refractivity contribution in [1.29, 1.82) is 0 Å². The highest BCUT2D eigenvalue weighted by atomic mass is 15.1. The molecule has 0 radical (unpaired) electrons. The second kappa shape index (κ2) is 4.83. The molecule has 2 nitrogen and oxygen atoms in total. The molecule has 1 fully saturated rings. The van der Waals surface area contributed by atoms with Gasteiger partial charge in [0.1, 0.15) is 0 Å². The fourth-order valence-corrected chi connectivity index (χ4v) is 2.86. The molecule has 0 spiro atoms. The Labute approximate surface area is 111 Å². The molecule has 18 heavy (non-hydrogen) atoms. The topological polar surface area (TPSA) is 29.3 Å². The van der Waals surface area contributed by atoms with E-state index in [2.05, 4.69) is 44.9 Å². The zero-order chi connectivity index (χ0) is 13.3. The predicted octanol–water partition coefficient (Wildman–Crippen LogP) is 3.98. The molecule has 1 aliphatic rings. The monoisotopic (exact) mass is 246 g/mol. The van der Waals surface area contributed by atoms with E-state index >= 15 is 0 Å². The van der Waals surface area contributed by atoms with Crippen LogP contribution >= 0.6 is 0 Å². The van der Waals surface area contributed by atoms with Gasteiger partial charge < -0.3 is 10.6 Å². The van der Waals surface area contributed by atoms with Crippen LogP contribution in [-0.2, 0) is 0 Å². The fraction of sp³-hybridized carbons (Fsp3) is 0.625. The molecule has 100 valence electrons. The van der Waals surface area contributed by atoms with Gasteiger partial charge in [0.15, 0.2) is 0 Å². The van der Waals surface area contributed by atoms with Crippen molar-refractivity contribution in [3.8, 4) is 0 Å². The zero-order valence-electron chi connectivity index (χ0n) is 12.2. The molecular formula is C16H26N2. The number of hydrogen-bond acceptors (Lipinski definition) is 2. The van der Waals surface area contributed by atoms with E-state index in [9.17, 15) is 0 Å². The lowest BCUT2D eigenvalue weighted by molar-refractivity contribution is 0.222. The average molecular weight is 246 g/mol. The Morgan fingerprint density at radius 1 is 1.22 bits per heavy atom. The summed E-state index contributed by atoms with van der Waals surface area (Å²) in [7, 11) is 2.22. The summed E-state index contributed by atoms with van der Waals surface area (Å²) in [5.74, 6) is 0. The normalized spacial score (nSPS) is 19.8. The molecule has 0 heterocycles. The number of nitrogen functional groups attached to an aromatic ring is 1. The van der Waals surface area contributed by atoms with E-state index in [4.69, 9.17) is 5.73 Å². The maximum atomic E-state index is 5.88. The van der Waals surface area contributed by atoms with Gasteiger partial charge in [-0.2, -0.15) is 0 Å². The lowest BCUT2D eigenvalue weighted by atomic mass is 9.75. The molecule has 1 aliphatic carbocycles. The number of benzene rings is 1. The van der Waals surface area contributed by atoms with Crippen LogP contribution < -0.4 is 10.6 Å². The summed E-state index contributed by atoms with van der Waals surface area (Å²) in [6.07, 6.45) is 5.26. The zero-order valence-corrected chi connectivity index (χ0v) is 12.2. The molecule has 0 atom stereocenters. The lowest BCUT2D eigenvalue weighted by Crippen LogP contribution is -2.37. The summed E-state index contributed by atoms with van der Waals surface area (Å²) < 4.78 is 0. The summed E-state index contributed by atoms with van der Waals surface area (Å²) in [5.41, 5.74) is 9.78. The Balaban J connectivity index is 2.07. The average Bonchev–Trinajstić information content (AvgIpc) is 2.32. The third-order valence-electron chi connectivity index (χ3n) is 4.52. The summed E-state index contributed by atoms with van der Waals surface area (Å²) in [5, 5.41) is 0. The first-order valence-corrected chi connectivity index (χ1v) is 6.98. The van der Waals surface area contributed by atoms with Gasteiger partial charge in [0, 0.05) is 24.5 Å². The van der Waals surface area contributed by atoms with Gasteiger partial charge in [-0.25, -0.2) is 0 Å². The highest BCUT2D eigenvalue weighted by Gasteiger charge is 2.28. The van der Waals surface area contributed by atoms with Crippen LogP contribution in [0.1, 0.15) is 45.1 Å². The Hall–Kier alpha value is -1.18. The summed E-state index contributed by atoms with van der Waals surface area (Å²) in [6, 6.07) is 7.05. The number of anilines is 2. The van der Waals surface area contributed by atoms with Crippen molar-refractivity contribution in [2.24, 2.45) is 5.41 Å². The molecule has 2 rings (SSSR count). The minimum Gasteiger partial charge on any atom is -0.399 e. The molecule has 1 aromatic carbocycles. The number of nitrogens with zero attached hydrogens (tertiary/aromatic N) is 1. The smallest absolute Gasteiger partial charge is 0.0370 e. The molecule has 0 aromatic heterocycles. The third-order valence-corrected chi connectivity index (χ3v) is 4.52. The highest BCUT2D eigenvalue weighted by Crippen LogP contribution is 2.37. The molecule has 0 unspecified atom stereocenters. The lowest BCUT2D eigenvalue weighted by Gasteiger charge is -2.39. The van der Waals surface area contributed by atoms with Crippen molar-refractivity contribution < 1.29 is 0 Å². The maximum Gasteiger partial charge on any atom is 0.0370 e. The summed E-state index contributed by atoms with van der Waals surface area (Å²) in [4.78, 5) is 2.43. The van der Waals surface area contributed by atoms with Gasteiger partial charge in [0.05, 0.1) is 0 Å². The fourth-order valence-electron chi connectivity index (χ4n) is 2.86. The predicted molar refractivity (Wildman–Crippen MR) is 80.0 cm³/mol. The second-order valence-corrected chi connectivity index (χ2v) is 6.55. The van der Waals surface area contributed by atoms with E-state index in [0.29, 0.717) is 11.5 Å². The molecule has 1 saturated carbocycles. The highest BCUT2D eigenvalue weighted by molar-refractivity contribution is 5.58. The van der Waals surface area contributed by atoms with Crippen molar-refractivity contribution in [1.82, 2.24) is 0 Å². The summed E-state index contributed by atoms with van der Waals surface area (Å²) in [6.45, 7) is 6.85. The standard InChI is InChI=1S/C16H26N2/c1-12-11-14(5-6-15(12)17)18(4)13-7-9-16(2,3)10-8-13/h5-6,11,13H,7-10,17H2,1-4H3. The molecule has 0 aliphatic heterocycles. The van der Waals surface area contributed by atoms with E-state index in [1.54, 1.807) is 0 Å². The van der Waals surface area contributed by atoms with Gasteiger partial charge in [-0.1, -0.05) is 13.8 Å². The molecule has 0 bridgehead atoms. The molecule has 0 amide bonds. The van der Waals surface area contributed by atoms with Gasteiger partial charge in [0.25, 0.3) is 0 Å². The Bertz CT molecular complexity index is 413. The van der Waals surface area contributed by atoms with Gasteiger partial charge in [-0.3, -0.25) is 0 Å². The molecule has 1 aromatic rings. The van der Waals surface area contributed by atoms with Crippen LogP contribution in [0.15, 0.2) is 18.2 Å². The first kappa shape index (κ1) is 13.3. The number of nitrogens with two attached hydrogens (primary N) is 1. The van der Waals surface area contributed by atoms with Crippen LogP contribution in [0.25, 0.3) is 0 Å². The van der Waals surface area contributed by atoms with Crippen molar-refractivity contribution >= 4 is 11.4 Å². The SMILES string of the molecule is Cc1cc(N(C)C2CCC(C)(C)CC2)ccc1N. The van der Waals surface area contributed by atoms with Crippen molar-refractivity contribution in [3.63, 3.8) is 0 Å². The first-order valence-electron chi connectivity index (χ1n) is 6.98.